The zero-order valence-electron chi connectivity index (χ0n) is 20.9. The van der Waals surface area contributed by atoms with Crippen LogP contribution in [0.15, 0.2) is 138 Å². The third-order valence-electron chi connectivity index (χ3n) is 6.56. The van der Waals surface area contributed by atoms with Gasteiger partial charge in [0.2, 0.25) is 5.89 Å². The topological polar surface area (TPSA) is 64.7 Å². The molecule has 0 atom stereocenters. The molecule has 0 aliphatic heterocycles. The minimum absolute atomic E-state index is 0.614. The number of aromatic nitrogens is 4. The Kier molecular flexibility index (Phi) is 5.72. The molecular weight excluding hydrogens is 480 g/mol. The summed E-state index contributed by atoms with van der Waals surface area (Å²) < 4.78 is 6.01. The predicted octanol–water partition coefficient (Wildman–Crippen LogP) is 8.35. The van der Waals surface area contributed by atoms with Crippen LogP contribution in [0.2, 0.25) is 0 Å². The third kappa shape index (κ3) is 4.58. The van der Waals surface area contributed by atoms with Gasteiger partial charge in [0, 0.05) is 22.3 Å². The summed E-state index contributed by atoms with van der Waals surface area (Å²) in [6, 6.07) is 44.3. The first-order valence-electron chi connectivity index (χ1n) is 12.7. The molecule has 0 bridgehead atoms. The van der Waals surface area contributed by atoms with E-state index in [1.807, 2.05) is 109 Å². The number of rotatable bonds is 5. The predicted molar refractivity (Wildman–Crippen MR) is 155 cm³/mol. The van der Waals surface area contributed by atoms with Crippen LogP contribution in [0.3, 0.4) is 0 Å². The van der Waals surface area contributed by atoms with Crippen molar-refractivity contribution in [3.05, 3.63) is 133 Å². The van der Waals surface area contributed by atoms with E-state index in [9.17, 15) is 0 Å². The molecule has 0 aliphatic rings. The second-order valence-corrected chi connectivity index (χ2v) is 9.19. The van der Waals surface area contributed by atoms with Crippen LogP contribution in [0.1, 0.15) is 0 Å². The highest BCUT2D eigenvalue weighted by molar-refractivity contribution is 5.83. The summed E-state index contributed by atoms with van der Waals surface area (Å²) in [5, 5.41) is 0. The molecule has 5 heteroatoms. The van der Waals surface area contributed by atoms with Crippen LogP contribution in [0, 0.1) is 0 Å². The minimum atomic E-state index is 0.614. The summed E-state index contributed by atoms with van der Waals surface area (Å²) in [7, 11) is 0. The second kappa shape index (κ2) is 9.80. The minimum Gasteiger partial charge on any atom is -0.436 e. The number of oxazole rings is 1. The molecule has 0 unspecified atom stereocenters. The molecule has 5 nitrogen and oxygen atoms in total. The van der Waals surface area contributed by atoms with Gasteiger partial charge in [0.25, 0.3) is 0 Å². The van der Waals surface area contributed by atoms with E-state index in [1.165, 1.54) is 0 Å². The molecule has 184 valence electrons. The van der Waals surface area contributed by atoms with Crippen molar-refractivity contribution >= 4 is 11.1 Å². The molecule has 0 N–H and O–H groups in total. The highest BCUT2D eigenvalue weighted by Gasteiger charge is 2.14. The van der Waals surface area contributed by atoms with Crippen molar-refractivity contribution in [1.82, 2.24) is 19.9 Å². The largest absolute Gasteiger partial charge is 0.436 e. The molecular formula is C34H22N4O. The standard InChI is InChI=1S/C34H22N4O/c1-4-11-23(12-5-1)31-36-32(24-13-6-2-7-14-24)38-33(37-31)28-18-10-17-26(21-28)27-19-20-30-29(22-27)35-34(39-30)25-15-8-3-9-16-25/h1-22H. The Bertz CT molecular complexity index is 1840. The van der Waals surface area contributed by atoms with E-state index in [0.29, 0.717) is 23.4 Å². The van der Waals surface area contributed by atoms with Gasteiger partial charge in [-0.25, -0.2) is 19.9 Å². The molecule has 0 spiro atoms. The monoisotopic (exact) mass is 502 g/mol. The van der Waals surface area contributed by atoms with E-state index in [2.05, 4.69) is 24.3 Å². The normalized spacial score (nSPS) is 11.1. The average molecular weight is 503 g/mol. The highest BCUT2D eigenvalue weighted by atomic mass is 16.3. The molecule has 2 aromatic heterocycles. The fourth-order valence-electron chi connectivity index (χ4n) is 4.59. The van der Waals surface area contributed by atoms with E-state index in [4.69, 9.17) is 24.4 Å². The van der Waals surface area contributed by atoms with Crippen LogP contribution in [-0.4, -0.2) is 19.9 Å². The van der Waals surface area contributed by atoms with E-state index < -0.39 is 0 Å². The van der Waals surface area contributed by atoms with Gasteiger partial charge in [-0.1, -0.05) is 103 Å². The van der Waals surface area contributed by atoms with Crippen molar-refractivity contribution < 1.29 is 4.42 Å². The fourth-order valence-corrected chi connectivity index (χ4v) is 4.59. The van der Waals surface area contributed by atoms with Crippen LogP contribution in [0.25, 0.3) is 67.8 Å². The summed E-state index contributed by atoms with van der Waals surface area (Å²) in [6.07, 6.45) is 0. The van der Waals surface area contributed by atoms with Crippen molar-refractivity contribution in [3.8, 4) is 56.7 Å². The zero-order chi connectivity index (χ0) is 26.0. The quantitative estimate of drug-likeness (QED) is 0.237. The summed E-state index contributed by atoms with van der Waals surface area (Å²) in [5.41, 5.74) is 7.41. The van der Waals surface area contributed by atoms with Gasteiger partial charge in [0.05, 0.1) is 0 Å². The summed E-state index contributed by atoms with van der Waals surface area (Å²) in [4.78, 5) is 19.3. The highest BCUT2D eigenvalue weighted by Crippen LogP contribution is 2.31. The molecule has 0 fully saturated rings. The zero-order valence-corrected chi connectivity index (χ0v) is 20.9. The van der Waals surface area contributed by atoms with Crippen molar-refractivity contribution in [3.63, 3.8) is 0 Å². The van der Waals surface area contributed by atoms with Crippen molar-refractivity contribution in [2.75, 3.05) is 0 Å². The van der Waals surface area contributed by atoms with Gasteiger partial charge in [-0.2, -0.15) is 0 Å². The van der Waals surface area contributed by atoms with E-state index in [1.54, 1.807) is 0 Å². The van der Waals surface area contributed by atoms with E-state index >= 15 is 0 Å². The van der Waals surface area contributed by atoms with Crippen LogP contribution in [0.4, 0.5) is 0 Å². The molecule has 7 aromatic rings. The lowest BCUT2D eigenvalue weighted by molar-refractivity contribution is 0.620. The molecule has 0 saturated heterocycles. The number of hydrogen-bond acceptors (Lipinski definition) is 5. The van der Waals surface area contributed by atoms with Crippen molar-refractivity contribution in [1.29, 1.82) is 0 Å². The Morgan fingerprint density at radius 1 is 0.359 bits per heavy atom. The molecule has 39 heavy (non-hydrogen) atoms. The Balaban J connectivity index is 1.31. The number of fused-ring (bicyclic) bond motifs is 1. The lowest BCUT2D eigenvalue weighted by atomic mass is 10.0. The molecule has 5 aromatic carbocycles. The first kappa shape index (κ1) is 22.8. The van der Waals surface area contributed by atoms with Crippen LogP contribution in [-0.2, 0) is 0 Å². The molecule has 0 aliphatic carbocycles. The smallest absolute Gasteiger partial charge is 0.227 e. The van der Waals surface area contributed by atoms with Gasteiger partial charge >= 0.3 is 0 Å². The SMILES string of the molecule is c1ccc(-c2nc(-c3ccccc3)nc(-c3cccc(-c4ccc5oc(-c6ccccc6)nc5c4)c3)n2)cc1. The molecule has 2 heterocycles. The second-order valence-electron chi connectivity index (χ2n) is 9.19. The van der Waals surface area contributed by atoms with Crippen molar-refractivity contribution in [2.45, 2.75) is 0 Å². The van der Waals surface area contributed by atoms with Gasteiger partial charge in [-0.3, -0.25) is 0 Å². The number of nitrogens with zero attached hydrogens (tertiary/aromatic N) is 4. The summed E-state index contributed by atoms with van der Waals surface area (Å²) in [6.45, 7) is 0. The maximum absolute atomic E-state index is 6.01. The Hall–Kier alpha value is -5.42. The molecule has 7 rings (SSSR count). The Morgan fingerprint density at radius 3 is 1.46 bits per heavy atom. The summed E-state index contributed by atoms with van der Waals surface area (Å²) >= 11 is 0. The molecule has 0 radical (unpaired) electrons. The maximum atomic E-state index is 6.01. The maximum Gasteiger partial charge on any atom is 0.227 e. The Labute approximate surface area is 225 Å². The lowest BCUT2D eigenvalue weighted by Gasteiger charge is -2.09. The van der Waals surface area contributed by atoms with Gasteiger partial charge < -0.3 is 4.42 Å². The van der Waals surface area contributed by atoms with Crippen LogP contribution < -0.4 is 0 Å². The lowest BCUT2D eigenvalue weighted by Crippen LogP contribution is -2.00. The van der Waals surface area contributed by atoms with Crippen LogP contribution in [0.5, 0.6) is 0 Å². The van der Waals surface area contributed by atoms with Gasteiger partial charge in [-0.05, 0) is 41.5 Å². The third-order valence-corrected chi connectivity index (χ3v) is 6.56. The van der Waals surface area contributed by atoms with Gasteiger partial charge in [-0.15, -0.1) is 0 Å². The van der Waals surface area contributed by atoms with Gasteiger partial charge in [0.15, 0.2) is 23.1 Å². The fraction of sp³-hybridized carbons (Fsp3) is 0. The van der Waals surface area contributed by atoms with E-state index in [0.717, 1.165) is 44.5 Å². The van der Waals surface area contributed by atoms with Crippen LogP contribution >= 0.6 is 0 Å². The first-order chi connectivity index (χ1) is 19.3. The van der Waals surface area contributed by atoms with E-state index in [-0.39, 0.29) is 0 Å². The number of hydrogen-bond donors (Lipinski definition) is 0. The number of benzene rings is 5. The van der Waals surface area contributed by atoms with Crippen molar-refractivity contribution in [2.24, 2.45) is 0 Å². The molecule has 0 saturated carbocycles. The average Bonchev–Trinajstić information content (AvgIpc) is 3.46. The molecule has 0 amide bonds. The first-order valence-corrected chi connectivity index (χ1v) is 12.7. The summed E-state index contributed by atoms with van der Waals surface area (Å²) in [5.74, 6) is 2.52. The Morgan fingerprint density at radius 2 is 0.846 bits per heavy atom. The van der Waals surface area contributed by atoms with Gasteiger partial charge in [0.1, 0.15) is 5.52 Å².